The smallest absolute Gasteiger partial charge is 0.409 e. The zero-order chi connectivity index (χ0) is 24.9. The van der Waals surface area contributed by atoms with Crippen LogP contribution >= 0.6 is 11.6 Å². The van der Waals surface area contributed by atoms with Crippen LogP contribution in [0.5, 0.6) is 0 Å². The zero-order valence-electron chi connectivity index (χ0n) is 19.7. The molecule has 0 bridgehead atoms. The first-order valence-electron chi connectivity index (χ1n) is 11.6. The van der Waals surface area contributed by atoms with Gasteiger partial charge < -0.3 is 20.3 Å². The molecular weight excluding hydrogens is 466 g/mol. The summed E-state index contributed by atoms with van der Waals surface area (Å²) in [6.07, 6.45) is 0.447. The SMILES string of the molecule is C=Nc1cc(-c2cc(Cl)c3ccc(C(=O)N4CCN(C(=O)OCCC)CC4)cc3n2)ccc1CN. The summed E-state index contributed by atoms with van der Waals surface area (Å²) in [6.45, 7) is 8.09. The molecule has 3 aromatic rings. The first-order valence-corrected chi connectivity index (χ1v) is 11.9. The molecule has 9 heteroatoms. The molecule has 1 aliphatic rings. The van der Waals surface area contributed by atoms with Crippen LogP contribution in [0.4, 0.5) is 10.5 Å². The first kappa shape index (κ1) is 24.6. The second-order valence-corrected chi connectivity index (χ2v) is 8.73. The number of hydrogen-bond donors (Lipinski definition) is 1. The maximum atomic E-state index is 13.2. The number of nitrogens with zero attached hydrogens (tertiary/aromatic N) is 4. The molecule has 1 aromatic heterocycles. The van der Waals surface area contributed by atoms with Crippen molar-refractivity contribution in [3.8, 4) is 11.3 Å². The first-order chi connectivity index (χ1) is 16.9. The van der Waals surface area contributed by atoms with E-state index in [1.165, 1.54) is 0 Å². The van der Waals surface area contributed by atoms with Crippen LogP contribution in [0.1, 0.15) is 29.3 Å². The number of halogens is 1. The summed E-state index contributed by atoms with van der Waals surface area (Å²) in [4.78, 5) is 37.5. The molecule has 0 aliphatic carbocycles. The number of amides is 2. The lowest BCUT2D eigenvalue weighted by molar-refractivity contribution is 0.0560. The highest BCUT2D eigenvalue weighted by molar-refractivity contribution is 6.35. The third-order valence-electron chi connectivity index (χ3n) is 6.03. The second-order valence-electron chi connectivity index (χ2n) is 8.32. The van der Waals surface area contributed by atoms with E-state index < -0.39 is 0 Å². The molecule has 2 amide bonds. The number of nitrogens with two attached hydrogens (primary N) is 1. The Labute approximate surface area is 209 Å². The third kappa shape index (κ3) is 5.28. The highest BCUT2D eigenvalue weighted by Gasteiger charge is 2.26. The Morgan fingerprint density at radius 1 is 1.11 bits per heavy atom. The predicted molar refractivity (Wildman–Crippen MR) is 138 cm³/mol. The Kier molecular flexibility index (Phi) is 7.63. The predicted octanol–water partition coefficient (Wildman–Crippen LogP) is 4.65. The maximum Gasteiger partial charge on any atom is 0.409 e. The number of hydrogen-bond acceptors (Lipinski definition) is 6. The number of benzene rings is 2. The van der Waals surface area contributed by atoms with Gasteiger partial charge in [-0.2, -0.15) is 0 Å². The molecule has 0 unspecified atom stereocenters. The van der Waals surface area contributed by atoms with Gasteiger partial charge in [0, 0.05) is 49.2 Å². The van der Waals surface area contributed by atoms with Crippen LogP contribution in [-0.4, -0.2) is 66.3 Å². The van der Waals surface area contributed by atoms with Gasteiger partial charge in [0.1, 0.15) is 0 Å². The third-order valence-corrected chi connectivity index (χ3v) is 6.35. The molecule has 4 rings (SSSR count). The van der Waals surface area contributed by atoms with E-state index in [0.717, 1.165) is 22.9 Å². The van der Waals surface area contributed by atoms with E-state index in [1.54, 1.807) is 28.0 Å². The van der Waals surface area contributed by atoms with E-state index in [2.05, 4.69) is 11.7 Å². The molecule has 2 aromatic carbocycles. The largest absolute Gasteiger partial charge is 0.449 e. The molecule has 182 valence electrons. The van der Waals surface area contributed by atoms with Crippen LogP contribution < -0.4 is 5.73 Å². The number of rotatable bonds is 6. The van der Waals surface area contributed by atoms with Crippen LogP contribution in [0.15, 0.2) is 47.5 Å². The number of piperazine rings is 1. The number of aliphatic imine (C=N–C) groups is 1. The van der Waals surface area contributed by atoms with Gasteiger partial charge in [0.15, 0.2) is 0 Å². The van der Waals surface area contributed by atoms with Crippen molar-refractivity contribution in [3.05, 3.63) is 58.6 Å². The second kappa shape index (κ2) is 10.8. The lowest BCUT2D eigenvalue weighted by atomic mass is 10.0. The van der Waals surface area contributed by atoms with E-state index in [9.17, 15) is 9.59 Å². The summed E-state index contributed by atoms with van der Waals surface area (Å²) in [5, 5.41) is 1.30. The van der Waals surface area contributed by atoms with Crippen molar-refractivity contribution >= 4 is 46.9 Å². The average molecular weight is 494 g/mol. The van der Waals surface area contributed by atoms with Crippen molar-refractivity contribution in [2.24, 2.45) is 10.7 Å². The number of ether oxygens (including phenoxy) is 1. The Hall–Kier alpha value is -3.49. The highest BCUT2D eigenvalue weighted by Crippen LogP contribution is 2.31. The lowest BCUT2D eigenvalue weighted by Crippen LogP contribution is -2.50. The summed E-state index contributed by atoms with van der Waals surface area (Å²) in [7, 11) is 0. The minimum atomic E-state index is -0.328. The minimum Gasteiger partial charge on any atom is -0.449 e. The number of carbonyl (C=O) groups is 2. The van der Waals surface area contributed by atoms with Gasteiger partial charge in [-0.25, -0.2) is 9.78 Å². The Morgan fingerprint density at radius 2 is 1.86 bits per heavy atom. The average Bonchev–Trinajstić information content (AvgIpc) is 2.90. The van der Waals surface area contributed by atoms with Gasteiger partial charge in [0.05, 0.1) is 28.5 Å². The van der Waals surface area contributed by atoms with E-state index in [-0.39, 0.29) is 12.0 Å². The minimum absolute atomic E-state index is 0.109. The van der Waals surface area contributed by atoms with Crippen LogP contribution in [0.2, 0.25) is 5.02 Å². The normalized spacial score (nSPS) is 13.7. The lowest BCUT2D eigenvalue weighted by Gasteiger charge is -2.34. The Bertz CT molecular complexity index is 1270. The molecule has 35 heavy (non-hydrogen) atoms. The molecule has 0 radical (unpaired) electrons. The number of aromatic nitrogens is 1. The fourth-order valence-electron chi connectivity index (χ4n) is 4.07. The summed E-state index contributed by atoms with van der Waals surface area (Å²) in [5.41, 5.74) is 10.0. The van der Waals surface area contributed by atoms with Gasteiger partial charge >= 0.3 is 6.09 Å². The van der Waals surface area contributed by atoms with E-state index in [4.69, 9.17) is 27.1 Å². The van der Waals surface area contributed by atoms with E-state index in [0.29, 0.717) is 66.8 Å². The molecule has 1 saturated heterocycles. The van der Waals surface area contributed by atoms with Crippen LogP contribution in [0, 0.1) is 0 Å². The van der Waals surface area contributed by atoms with Gasteiger partial charge in [-0.05, 0) is 43.0 Å². The van der Waals surface area contributed by atoms with Gasteiger partial charge in [-0.3, -0.25) is 9.79 Å². The standard InChI is InChI=1S/C26H28ClN5O3/c1-3-12-35-26(34)32-10-8-31(9-11-32)25(33)18-6-7-20-21(27)15-23(30-24(20)14-18)17-4-5-19(16-28)22(13-17)29-2/h4-7,13-15H,2-3,8-12,16,28H2,1H3. The fraction of sp³-hybridized carbons (Fsp3) is 0.308. The van der Waals surface area contributed by atoms with E-state index >= 15 is 0 Å². The number of fused-ring (bicyclic) bond motifs is 1. The number of pyridine rings is 1. The van der Waals surface area contributed by atoms with Crippen LogP contribution in [-0.2, 0) is 11.3 Å². The molecule has 0 atom stereocenters. The molecule has 2 N–H and O–H groups in total. The van der Waals surface area contributed by atoms with Gasteiger partial charge in [-0.15, -0.1) is 0 Å². The van der Waals surface area contributed by atoms with Crippen LogP contribution in [0.25, 0.3) is 22.2 Å². The molecule has 0 saturated carbocycles. The van der Waals surface area contributed by atoms with Crippen molar-refractivity contribution in [2.75, 3.05) is 32.8 Å². The quantitative estimate of drug-likeness (QED) is 0.503. The van der Waals surface area contributed by atoms with Gasteiger partial charge in [0.2, 0.25) is 0 Å². The van der Waals surface area contributed by atoms with Crippen LogP contribution in [0.3, 0.4) is 0 Å². The molecule has 0 spiro atoms. The summed E-state index contributed by atoms with van der Waals surface area (Å²) in [5.74, 6) is -0.109. The molecule has 1 aliphatic heterocycles. The summed E-state index contributed by atoms with van der Waals surface area (Å²) >= 11 is 6.57. The van der Waals surface area contributed by atoms with Crippen molar-refractivity contribution < 1.29 is 14.3 Å². The fourth-order valence-corrected chi connectivity index (χ4v) is 4.33. The van der Waals surface area contributed by atoms with Crippen molar-refractivity contribution in [3.63, 3.8) is 0 Å². The van der Waals surface area contributed by atoms with Crippen molar-refractivity contribution in [1.82, 2.24) is 14.8 Å². The number of carbonyl (C=O) groups excluding carboxylic acids is 2. The Balaban J connectivity index is 1.56. The molecule has 2 heterocycles. The van der Waals surface area contributed by atoms with Crippen molar-refractivity contribution in [1.29, 1.82) is 0 Å². The molecule has 1 fully saturated rings. The van der Waals surface area contributed by atoms with E-state index in [1.807, 2.05) is 31.2 Å². The molecular formula is C26H28ClN5O3. The van der Waals surface area contributed by atoms with Crippen molar-refractivity contribution in [2.45, 2.75) is 19.9 Å². The monoisotopic (exact) mass is 493 g/mol. The summed E-state index contributed by atoms with van der Waals surface area (Å²) in [6, 6.07) is 12.8. The topological polar surface area (TPSA) is 101 Å². The van der Waals surface area contributed by atoms with Gasteiger partial charge in [0.25, 0.3) is 5.91 Å². The Morgan fingerprint density at radius 3 is 2.54 bits per heavy atom. The maximum absolute atomic E-state index is 13.2. The highest BCUT2D eigenvalue weighted by atomic mass is 35.5. The summed E-state index contributed by atoms with van der Waals surface area (Å²) < 4.78 is 5.19. The zero-order valence-corrected chi connectivity index (χ0v) is 20.4. The molecule has 8 nitrogen and oxygen atoms in total. The van der Waals surface area contributed by atoms with Gasteiger partial charge in [-0.1, -0.05) is 36.7 Å².